The van der Waals surface area contributed by atoms with Gasteiger partial charge in [-0.3, -0.25) is 9.59 Å². The lowest BCUT2D eigenvalue weighted by molar-refractivity contribution is -0.124. The molecule has 0 aliphatic heterocycles. The van der Waals surface area contributed by atoms with Gasteiger partial charge in [-0.05, 0) is 6.07 Å². The van der Waals surface area contributed by atoms with Crippen LogP contribution in [0.15, 0.2) is 28.4 Å². The van der Waals surface area contributed by atoms with Crippen molar-refractivity contribution in [3.05, 3.63) is 29.7 Å². The van der Waals surface area contributed by atoms with Crippen molar-refractivity contribution in [1.82, 2.24) is 15.2 Å². The van der Waals surface area contributed by atoms with Crippen molar-refractivity contribution < 1.29 is 14.0 Å². The molecule has 2 rings (SSSR count). The van der Waals surface area contributed by atoms with E-state index in [4.69, 9.17) is 4.42 Å². The number of nitrogens with one attached hydrogen (secondary N) is 1. The second-order valence-corrected chi connectivity index (χ2v) is 6.08. The second kappa shape index (κ2) is 7.22. The molecule has 2 aromatic heterocycles. The second-order valence-electron chi connectivity index (χ2n) is 5.22. The van der Waals surface area contributed by atoms with Crippen molar-refractivity contribution >= 4 is 23.2 Å². The third kappa shape index (κ3) is 3.94. The number of carbonyl (C=O) groups excluding carboxylic acids is 2. The zero-order valence-electron chi connectivity index (χ0n) is 12.8. The summed E-state index contributed by atoms with van der Waals surface area (Å²) in [5.41, 5.74) is 1.26. The molecular formula is C15H19N3O3S. The first-order valence-electron chi connectivity index (χ1n) is 7.00. The Labute approximate surface area is 133 Å². The average Bonchev–Trinajstić information content (AvgIpc) is 3.16. The molecule has 0 aliphatic carbocycles. The zero-order chi connectivity index (χ0) is 16.1. The number of hydrogen-bond acceptors (Lipinski definition) is 5. The van der Waals surface area contributed by atoms with Crippen LogP contribution >= 0.6 is 11.3 Å². The summed E-state index contributed by atoms with van der Waals surface area (Å²) in [6, 6.07) is 1.80. The normalized spacial score (nSPS) is 10.7. The molecule has 0 unspecified atom stereocenters. The van der Waals surface area contributed by atoms with Gasteiger partial charge in [-0.2, -0.15) is 0 Å². The quantitative estimate of drug-likeness (QED) is 0.885. The molecule has 0 aliphatic rings. The number of furan rings is 1. The number of aromatic nitrogens is 1. The molecule has 2 aromatic rings. The Kier molecular flexibility index (Phi) is 5.32. The van der Waals surface area contributed by atoms with Crippen molar-refractivity contribution in [2.45, 2.75) is 13.8 Å². The van der Waals surface area contributed by atoms with E-state index < -0.39 is 0 Å². The molecule has 1 N–H and O–H groups in total. The van der Waals surface area contributed by atoms with Gasteiger partial charge in [0.25, 0.3) is 5.91 Å². The van der Waals surface area contributed by atoms with Crippen LogP contribution in [0.1, 0.15) is 24.3 Å². The maximum atomic E-state index is 12.3. The number of amides is 2. The molecule has 0 spiro atoms. The Balaban J connectivity index is 1.89. The summed E-state index contributed by atoms with van der Waals surface area (Å²) in [5.74, 6) is -0.237. The van der Waals surface area contributed by atoms with Crippen LogP contribution in [0.2, 0.25) is 0 Å². The van der Waals surface area contributed by atoms with Crippen LogP contribution in [0.3, 0.4) is 0 Å². The maximum Gasteiger partial charge on any atom is 0.273 e. The summed E-state index contributed by atoms with van der Waals surface area (Å²) in [7, 11) is 1.70. The number of hydrogen-bond donors (Lipinski definition) is 1. The van der Waals surface area contributed by atoms with Gasteiger partial charge in [0.2, 0.25) is 5.91 Å². The van der Waals surface area contributed by atoms with Crippen molar-refractivity contribution in [2.24, 2.45) is 5.92 Å². The van der Waals surface area contributed by atoms with Crippen LogP contribution in [-0.2, 0) is 4.79 Å². The molecule has 0 saturated heterocycles. The van der Waals surface area contributed by atoms with Crippen molar-refractivity contribution in [1.29, 1.82) is 0 Å². The van der Waals surface area contributed by atoms with E-state index in [9.17, 15) is 9.59 Å². The number of likely N-dealkylation sites (N-methyl/N-ethyl adjacent to an activating group) is 1. The Morgan fingerprint density at radius 3 is 2.86 bits per heavy atom. The molecule has 7 heteroatoms. The number of rotatable bonds is 6. The Morgan fingerprint density at radius 2 is 2.23 bits per heavy atom. The Hall–Kier alpha value is -2.15. The molecular weight excluding hydrogens is 302 g/mol. The smallest absolute Gasteiger partial charge is 0.273 e. The molecule has 2 amide bonds. The SMILES string of the molecule is CC(C)C(=O)NCCN(C)C(=O)c1csc(-c2ccoc2)n1. The van der Waals surface area contributed by atoms with Gasteiger partial charge in [-0.25, -0.2) is 4.98 Å². The van der Waals surface area contributed by atoms with Crippen molar-refractivity contribution in [3.8, 4) is 10.6 Å². The minimum Gasteiger partial charge on any atom is -0.472 e. The van der Waals surface area contributed by atoms with E-state index in [0.29, 0.717) is 18.8 Å². The van der Waals surface area contributed by atoms with Crippen LogP contribution in [0.25, 0.3) is 10.6 Å². The molecule has 0 aromatic carbocycles. The van der Waals surface area contributed by atoms with E-state index in [1.165, 1.54) is 11.3 Å². The average molecular weight is 321 g/mol. The highest BCUT2D eigenvalue weighted by Crippen LogP contribution is 2.24. The standard InChI is InChI=1S/C15H19N3O3S/c1-10(2)13(19)16-5-6-18(3)15(20)12-9-22-14(17-12)11-4-7-21-8-11/h4,7-10H,5-6H2,1-3H3,(H,16,19). The first kappa shape index (κ1) is 16.2. The molecule has 118 valence electrons. The molecule has 0 radical (unpaired) electrons. The highest BCUT2D eigenvalue weighted by Gasteiger charge is 2.16. The highest BCUT2D eigenvalue weighted by molar-refractivity contribution is 7.13. The van der Waals surface area contributed by atoms with Crippen LogP contribution in [0.5, 0.6) is 0 Å². The van der Waals surface area contributed by atoms with Crippen LogP contribution in [0, 0.1) is 5.92 Å². The van der Waals surface area contributed by atoms with Crippen LogP contribution in [-0.4, -0.2) is 41.8 Å². The summed E-state index contributed by atoms with van der Waals surface area (Å²) in [4.78, 5) is 29.6. The van der Waals surface area contributed by atoms with Gasteiger partial charge in [-0.1, -0.05) is 13.8 Å². The van der Waals surface area contributed by atoms with E-state index in [-0.39, 0.29) is 17.7 Å². The fourth-order valence-electron chi connectivity index (χ4n) is 1.74. The van der Waals surface area contributed by atoms with Gasteiger partial charge in [0.15, 0.2) is 0 Å². The monoisotopic (exact) mass is 321 g/mol. The van der Waals surface area contributed by atoms with Gasteiger partial charge in [0.05, 0.1) is 6.26 Å². The van der Waals surface area contributed by atoms with Gasteiger partial charge < -0.3 is 14.6 Å². The zero-order valence-corrected chi connectivity index (χ0v) is 13.6. The summed E-state index contributed by atoms with van der Waals surface area (Å²) in [6.07, 6.45) is 3.17. The minimum absolute atomic E-state index is 0.0169. The van der Waals surface area contributed by atoms with E-state index >= 15 is 0 Å². The predicted octanol–water partition coefficient (Wildman–Crippen LogP) is 2.25. The van der Waals surface area contributed by atoms with Gasteiger partial charge in [0, 0.05) is 37.0 Å². The number of thiazole rings is 1. The van der Waals surface area contributed by atoms with Crippen LogP contribution < -0.4 is 5.32 Å². The number of nitrogens with zero attached hydrogens (tertiary/aromatic N) is 2. The number of carbonyl (C=O) groups is 2. The van der Waals surface area contributed by atoms with Gasteiger partial charge in [0.1, 0.15) is 17.0 Å². The highest BCUT2D eigenvalue weighted by atomic mass is 32.1. The Bertz CT molecular complexity index is 634. The molecule has 0 bridgehead atoms. The van der Waals surface area contributed by atoms with Crippen molar-refractivity contribution in [3.63, 3.8) is 0 Å². The first-order chi connectivity index (χ1) is 10.5. The predicted molar refractivity (Wildman–Crippen MR) is 84.6 cm³/mol. The molecule has 22 heavy (non-hydrogen) atoms. The molecule has 2 heterocycles. The fourth-order valence-corrected chi connectivity index (χ4v) is 2.52. The summed E-state index contributed by atoms with van der Waals surface area (Å²) in [6.45, 7) is 4.53. The molecule has 0 saturated carbocycles. The summed E-state index contributed by atoms with van der Waals surface area (Å²) >= 11 is 1.40. The lowest BCUT2D eigenvalue weighted by atomic mass is 10.2. The van der Waals surface area contributed by atoms with E-state index in [1.807, 2.05) is 13.8 Å². The molecule has 6 nitrogen and oxygen atoms in total. The lowest BCUT2D eigenvalue weighted by Crippen LogP contribution is -2.37. The van der Waals surface area contributed by atoms with Gasteiger partial charge in [-0.15, -0.1) is 11.3 Å². The largest absolute Gasteiger partial charge is 0.472 e. The molecule has 0 atom stereocenters. The van der Waals surface area contributed by atoms with E-state index in [2.05, 4.69) is 10.3 Å². The van der Waals surface area contributed by atoms with E-state index in [1.54, 1.807) is 35.9 Å². The van der Waals surface area contributed by atoms with Gasteiger partial charge >= 0.3 is 0 Å². The first-order valence-corrected chi connectivity index (χ1v) is 7.88. The van der Waals surface area contributed by atoms with E-state index in [0.717, 1.165) is 10.6 Å². The fraction of sp³-hybridized carbons (Fsp3) is 0.400. The topological polar surface area (TPSA) is 75.4 Å². The third-order valence-electron chi connectivity index (χ3n) is 3.11. The van der Waals surface area contributed by atoms with Crippen molar-refractivity contribution in [2.75, 3.05) is 20.1 Å². The summed E-state index contributed by atoms with van der Waals surface area (Å²) < 4.78 is 5.01. The lowest BCUT2D eigenvalue weighted by Gasteiger charge is -2.16. The Morgan fingerprint density at radius 1 is 1.45 bits per heavy atom. The van der Waals surface area contributed by atoms with Crippen LogP contribution in [0.4, 0.5) is 0 Å². The summed E-state index contributed by atoms with van der Waals surface area (Å²) in [5, 5.41) is 5.26. The minimum atomic E-state index is -0.162. The maximum absolute atomic E-state index is 12.3. The third-order valence-corrected chi connectivity index (χ3v) is 4.00. The molecule has 0 fully saturated rings.